The molecule has 1 aromatic heterocycles. The molecule has 1 atom stereocenters. The van der Waals surface area contributed by atoms with Crippen LogP contribution in [-0.2, 0) is 4.79 Å². The van der Waals surface area contributed by atoms with Crippen LogP contribution >= 0.6 is 0 Å². The number of nitrogens with zero attached hydrogens (tertiary/aromatic N) is 1. The molecule has 5 heteroatoms. The zero-order chi connectivity index (χ0) is 12.7. The number of benzene rings is 1. The summed E-state index contributed by atoms with van der Waals surface area (Å²) >= 11 is 0. The second-order valence-corrected chi connectivity index (χ2v) is 4.51. The van der Waals surface area contributed by atoms with Crippen LogP contribution in [0.1, 0.15) is 29.2 Å². The second kappa shape index (κ2) is 3.87. The molecule has 0 radical (unpaired) electrons. The molecule has 0 fully saturated rings. The van der Waals surface area contributed by atoms with Crippen LogP contribution in [0.3, 0.4) is 0 Å². The van der Waals surface area contributed by atoms with E-state index >= 15 is 0 Å². The predicted octanol–water partition coefficient (Wildman–Crippen LogP) is 1.90. The average molecular weight is 243 g/mol. The Balaban J connectivity index is 2.09. The van der Waals surface area contributed by atoms with Crippen molar-refractivity contribution in [1.82, 2.24) is 10.2 Å². The molecule has 5 nitrogen and oxygen atoms in total. The summed E-state index contributed by atoms with van der Waals surface area (Å²) in [4.78, 5) is 11.7. The Morgan fingerprint density at radius 1 is 1.33 bits per heavy atom. The number of rotatable bonds is 1. The molecule has 2 heterocycles. The van der Waals surface area contributed by atoms with E-state index < -0.39 is 0 Å². The summed E-state index contributed by atoms with van der Waals surface area (Å²) in [5, 5.41) is 19.1. The third-order valence-corrected chi connectivity index (χ3v) is 3.29. The summed E-state index contributed by atoms with van der Waals surface area (Å²) in [6.07, 6.45) is 0.401. The van der Waals surface area contributed by atoms with Gasteiger partial charge in [-0.15, -0.1) is 0 Å². The number of hydrogen-bond donors (Lipinski definition) is 3. The van der Waals surface area contributed by atoms with Crippen LogP contribution in [0.4, 0.5) is 5.82 Å². The number of H-pyrrole nitrogens is 1. The molecule has 0 saturated carbocycles. The third kappa shape index (κ3) is 1.64. The fourth-order valence-electron chi connectivity index (χ4n) is 2.42. The highest BCUT2D eigenvalue weighted by molar-refractivity contribution is 5.94. The quantitative estimate of drug-likeness (QED) is 0.715. The van der Waals surface area contributed by atoms with E-state index in [1.165, 1.54) is 0 Å². The molecule has 1 aromatic carbocycles. The van der Waals surface area contributed by atoms with Gasteiger partial charge in [0, 0.05) is 23.6 Å². The Hall–Kier alpha value is -2.30. The van der Waals surface area contributed by atoms with Crippen LogP contribution < -0.4 is 5.32 Å². The van der Waals surface area contributed by atoms with Crippen molar-refractivity contribution in [3.63, 3.8) is 0 Å². The van der Waals surface area contributed by atoms with Crippen molar-refractivity contribution in [2.45, 2.75) is 19.3 Å². The van der Waals surface area contributed by atoms with Crippen molar-refractivity contribution in [2.75, 3.05) is 5.32 Å². The number of amides is 1. The van der Waals surface area contributed by atoms with Crippen molar-refractivity contribution in [2.24, 2.45) is 0 Å². The lowest BCUT2D eigenvalue weighted by Crippen LogP contribution is -2.23. The largest absolute Gasteiger partial charge is 0.508 e. The molecular formula is C13H13N3O2. The number of aromatic hydroxyl groups is 1. The smallest absolute Gasteiger partial charge is 0.226 e. The van der Waals surface area contributed by atoms with Crippen LogP contribution in [-0.4, -0.2) is 21.2 Å². The first-order valence-corrected chi connectivity index (χ1v) is 5.79. The van der Waals surface area contributed by atoms with Crippen LogP contribution in [0, 0.1) is 6.92 Å². The summed E-state index contributed by atoms with van der Waals surface area (Å²) in [6, 6.07) is 6.96. The molecule has 0 aliphatic carbocycles. The normalized spacial score (nSPS) is 18.3. The predicted molar refractivity (Wildman–Crippen MR) is 66.5 cm³/mol. The Kier molecular flexibility index (Phi) is 2.33. The maximum atomic E-state index is 11.7. The molecule has 18 heavy (non-hydrogen) atoms. The Morgan fingerprint density at radius 2 is 2.06 bits per heavy atom. The maximum Gasteiger partial charge on any atom is 0.226 e. The van der Waals surface area contributed by atoms with Gasteiger partial charge in [0.25, 0.3) is 0 Å². The highest BCUT2D eigenvalue weighted by Gasteiger charge is 2.30. The van der Waals surface area contributed by atoms with Gasteiger partial charge in [-0.25, -0.2) is 0 Å². The minimum atomic E-state index is -0.0351. The lowest BCUT2D eigenvalue weighted by molar-refractivity contribution is -0.116. The number of carbonyl (C=O) groups is 1. The van der Waals surface area contributed by atoms with E-state index in [1.54, 1.807) is 12.1 Å². The first-order chi connectivity index (χ1) is 8.65. The summed E-state index contributed by atoms with van der Waals surface area (Å²) in [5.41, 5.74) is 3.00. The van der Waals surface area contributed by atoms with Gasteiger partial charge in [0.1, 0.15) is 5.75 Å². The Bertz CT molecular complexity index is 601. The van der Waals surface area contributed by atoms with Crippen LogP contribution in [0.15, 0.2) is 24.3 Å². The summed E-state index contributed by atoms with van der Waals surface area (Å²) < 4.78 is 0. The maximum absolute atomic E-state index is 11.7. The summed E-state index contributed by atoms with van der Waals surface area (Å²) in [6.45, 7) is 1.94. The lowest BCUT2D eigenvalue weighted by atomic mass is 9.86. The molecule has 0 saturated heterocycles. The van der Waals surface area contributed by atoms with Gasteiger partial charge >= 0.3 is 0 Å². The highest BCUT2D eigenvalue weighted by atomic mass is 16.3. The monoisotopic (exact) mass is 243 g/mol. The second-order valence-electron chi connectivity index (χ2n) is 4.51. The number of phenols is 1. The van der Waals surface area contributed by atoms with Crippen LogP contribution in [0.2, 0.25) is 0 Å². The van der Waals surface area contributed by atoms with Crippen LogP contribution in [0.25, 0.3) is 0 Å². The summed E-state index contributed by atoms with van der Waals surface area (Å²) in [5.74, 6) is 0.796. The third-order valence-electron chi connectivity index (χ3n) is 3.29. The topological polar surface area (TPSA) is 78.0 Å². The van der Waals surface area contributed by atoms with Crippen LogP contribution in [0.5, 0.6) is 5.75 Å². The van der Waals surface area contributed by atoms with Crippen molar-refractivity contribution in [3.8, 4) is 5.75 Å². The molecule has 92 valence electrons. The zero-order valence-corrected chi connectivity index (χ0v) is 9.90. The molecule has 0 bridgehead atoms. The van der Waals surface area contributed by atoms with Gasteiger partial charge in [-0.2, -0.15) is 5.10 Å². The van der Waals surface area contributed by atoms with E-state index in [0.29, 0.717) is 12.2 Å². The van der Waals surface area contributed by atoms with Crippen molar-refractivity contribution in [3.05, 3.63) is 41.1 Å². The minimum Gasteiger partial charge on any atom is -0.508 e. The molecule has 0 unspecified atom stereocenters. The van der Waals surface area contributed by atoms with Gasteiger partial charge in [-0.1, -0.05) is 12.1 Å². The molecule has 1 aliphatic heterocycles. The molecule has 3 rings (SSSR count). The molecule has 0 spiro atoms. The SMILES string of the molecule is Cc1[nH]nc2c1[C@H](c1ccc(O)cc1)CC(=O)N2. The summed E-state index contributed by atoms with van der Waals surface area (Å²) in [7, 11) is 0. The number of anilines is 1. The number of aryl methyl sites for hydroxylation is 1. The van der Waals surface area contributed by atoms with Crippen molar-refractivity contribution in [1.29, 1.82) is 0 Å². The molecule has 1 aliphatic rings. The first kappa shape index (κ1) is 10.8. The molecular weight excluding hydrogens is 230 g/mol. The Morgan fingerprint density at radius 3 is 2.78 bits per heavy atom. The van der Waals surface area contributed by atoms with Gasteiger partial charge in [0.2, 0.25) is 5.91 Å². The van der Waals surface area contributed by atoms with Gasteiger partial charge < -0.3 is 10.4 Å². The zero-order valence-electron chi connectivity index (χ0n) is 9.90. The van der Waals surface area contributed by atoms with E-state index in [1.807, 2.05) is 19.1 Å². The van der Waals surface area contributed by atoms with E-state index in [0.717, 1.165) is 16.8 Å². The molecule has 2 aromatic rings. The number of carbonyl (C=O) groups excluding carboxylic acids is 1. The van der Waals surface area contributed by atoms with Gasteiger partial charge in [0.05, 0.1) is 0 Å². The van der Waals surface area contributed by atoms with E-state index in [4.69, 9.17) is 0 Å². The standard InChI is InChI=1S/C13H13N3O2/c1-7-12-10(8-2-4-9(17)5-3-8)6-11(18)14-13(12)16-15-7/h2-5,10,17H,6H2,1H3,(H2,14,15,16,18)/t10-/m0/s1. The van der Waals surface area contributed by atoms with E-state index in [9.17, 15) is 9.90 Å². The first-order valence-electron chi connectivity index (χ1n) is 5.79. The Labute approximate surface area is 104 Å². The number of nitrogens with one attached hydrogen (secondary N) is 2. The minimum absolute atomic E-state index is 0.00639. The molecule has 1 amide bonds. The number of aromatic amines is 1. The number of phenolic OH excluding ortho intramolecular Hbond substituents is 1. The average Bonchev–Trinajstić information content (AvgIpc) is 2.71. The van der Waals surface area contributed by atoms with E-state index in [-0.39, 0.29) is 17.6 Å². The van der Waals surface area contributed by atoms with Gasteiger partial charge in [0.15, 0.2) is 5.82 Å². The molecule has 3 N–H and O–H groups in total. The fourth-order valence-corrected chi connectivity index (χ4v) is 2.42. The van der Waals surface area contributed by atoms with Gasteiger partial charge in [-0.3, -0.25) is 9.89 Å². The fraction of sp³-hybridized carbons (Fsp3) is 0.231. The highest BCUT2D eigenvalue weighted by Crippen LogP contribution is 2.37. The van der Waals surface area contributed by atoms with Gasteiger partial charge in [-0.05, 0) is 24.6 Å². The number of aromatic nitrogens is 2. The lowest BCUT2D eigenvalue weighted by Gasteiger charge is -2.22. The van der Waals surface area contributed by atoms with Crippen molar-refractivity contribution >= 4 is 11.7 Å². The number of hydrogen-bond acceptors (Lipinski definition) is 3. The van der Waals surface area contributed by atoms with Crippen molar-refractivity contribution < 1.29 is 9.90 Å². The number of fused-ring (bicyclic) bond motifs is 1. The van der Waals surface area contributed by atoms with E-state index in [2.05, 4.69) is 15.5 Å².